The van der Waals surface area contributed by atoms with Gasteiger partial charge in [0.15, 0.2) is 0 Å². The SMILES string of the molecule is CCCc1nc(C(=O)N(Cc2cccnc2)C[C@@H]2CCC(=O)N2)cs1. The maximum Gasteiger partial charge on any atom is 0.273 e. The number of hydrogen-bond acceptors (Lipinski definition) is 5. The van der Waals surface area contributed by atoms with E-state index in [4.69, 9.17) is 0 Å². The number of nitrogens with zero attached hydrogens (tertiary/aromatic N) is 3. The van der Waals surface area contributed by atoms with Crippen molar-refractivity contribution in [1.82, 2.24) is 20.2 Å². The molecule has 7 heteroatoms. The first-order chi connectivity index (χ1) is 12.2. The van der Waals surface area contributed by atoms with Crippen molar-refractivity contribution >= 4 is 23.2 Å². The Morgan fingerprint density at radius 2 is 2.36 bits per heavy atom. The monoisotopic (exact) mass is 358 g/mol. The van der Waals surface area contributed by atoms with Gasteiger partial charge in [0.1, 0.15) is 5.69 Å². The molecule has 2 aromatic rings. The molecule has 0 bridgehead atoms. The second kappa shape index (κ2) is 8.20. The van der Waals surface area contributed by atoms with Crippen molar-refractivity contribution in [2.45, 2.75) is 45.2 Å². The predicted molar refractivity (Wildman–Crippen MR) is 96.3 cm³/mol. The summed E-state index contributed by atoms with van der Waals surface area (Å²) in [6.45, 7) is 3.04. The minimum atomic E-state index is -0.0939. The molecule has 0 radical (unpaired) electrons. The first-order valence-electron chi connectivity index (χ1n) is 8.57. The Morgan fingerprint density at radius 1 is 1.48 bits per heavy atom. The summed E-state index contributed by atoms with van der Waals surface area (Å²) in [5.41, 5.74) is 1.45. The summed E-state index contributed by atoms with van der Waals surface area (Å²) in [6.07, 6.45) is 6.65. The molecule has 0 saturated carbocycles. The third-order valence-corrected chi connectivity index (χ3v) is 5.05. The highest BCUT2D eigenvalue weighted by Crippen LogP contribution is 2.17. The average molecular weight is 358 g/mol. The number of carbonyl (C=O) groups is 2. The molecule has 3 heterocycles. The third-order valence-electron chi connectivity index (χ3n) is 4.14. The standard InChI is InChI=1S/C18H22N4O2S/c1-2-4-17-21-15(12-25-17)18(24)22(10-13-5-3-8-19-9-13)11-14-6-7-16(23)20-14/h3,5,8-9,12,14H,2,4,6-7,10-11H2,1H3,(H,20,23)/t14-/m0/s1. The highest BCUT2D eigenvalue weighted by Gasteiger charge is 2.27. The van der Waals surface area contributed by atoms with Crippen molar-refractivity contribution in [3.05, 3.63) is 46.2 Å². The van der Waals surface area contributed by atoms with Gasteiger partial charge in [-0.3, -0.25) is 14.6 Å². The largest absolute Gasteiger partial charge is 0.352 e. The molecule has 0 unspecified atom stereocenters. The Labute approximate surface area is 151 Å². The molecule has 1 atom stereocenters. The summed E-state index contributed by atoms with van der Waals surface area (Å²) >= 11 is 1.53. The molecule has 1 saturated heterocycles. The highest BCUT2D eigenvalue weighted by molar-refractivity contribution is 7.09. The molecule has 3 rings (SSSR count). The maximum atomic E-state index is 13.0. The lowest BCUT2D eigenvalue weighted by Gasteiger charge is -2.25. The summed E-state index contributed by atoms with van der Waals surface area (Å²) < 4.78 is 0. The van der Waals surface area contributed by atoms with E-state index in [-0.39, 0.29) is 17.9 Å². The van der Waals surface area contributed by atoms with E-state index < -0.39 is 0 Å². The van der Waals surface area contributed by atoms with E-state index in [9.17, 15) is 9.59 Å². The van der Waals surface area contributed by atoms with Crippen LogP contribution in [0.3, 0.4) is 0 Å². The van der Waals surface area contributed by atoms with Gasteiger partial charge >= 0.3 is 0 Å². The zero-order chi connectivity index (χ0) is 17.6. The number of rotatable bonds is 7. The number of pyridine rings is 1. The smallest absolute Gasteiger partial charge is 0.273 e. The van der Waals surface area contributed by atoms with E-state index in [2.05, 4.69) is 22.2 Å². The van der Waals surface area contributed by atoms with Crippen LogP contribution in [0.5, 0.6) is 0 Å². The molecule has 0 aliphatic carbocycles. The van der Waals surface area contributed by atoms with Crippen molar-refractivity contribution in [1.29, 1.82) is 0 Å². The van der Waals surface area contributed by atoms with Gasteiger partial charge in [-0.05, 0) is 30.9 Å². The number of aromatic nitrogens is 2. The third kappa shape index (κ3) is 4.63. The molecule has 0 spiro atoms. The Bertz CT molecular complexity index is 732. The fourth-order valence-electron chi connectivity index (χ4n) is 2.91. The summed E-state index contributed by atoms with van der Waals surface area (Å²) in [5.74, 6) is -0.0405. The van der Waals surface area contributed by atoms with Crippen LogP contribution in [-0.2, 0) is 17.8 Å². The van der Waals surface area contributed by atoms with E-state index in [1.54, 1.807) is 17.3 Å². The molecule has 1 N–H and O–H groups in total. The summed E-state index contributed by atoms with van der Waals surface area (Å²) in [4.78, 5) is 34.8. The molecule has 0 aromatic carbocycles. The maximum absolute atomic E-state index is 13.0. The number of amides is 2. The van der Waals surface area contributed by atoms with Gasteiger partial charge in [-0.25, -0.2) is 4.98 Å². The summed E-state index contributed by atoms with van der Waals surface area (Å²) in [5, 5.41) is 5.75. The van der Waals surface area contributed by atoms with E-state index in [0.29, 0.717) is 25.2 Å². The molecule has 6 nitrogen and oxygen atoms in total. The molecule has 2 amide bonds. The average Bonchev–Trinajstić information content (AvgIpc) is 3.24. The quantitative estimate of drug-likeness (QED) is 0.825. The lowest BCUT2D eigenvalue weighted by atomic mass is 10.2. The first-order valence-corrected chi connectivity index (χ1v) is 9.45. The normalized spacial score (nSPS) is 16.7. The molecular formula is C18H22N4O2S. The van der Waals surface area contributed by atoms with Crippen LogP contribution < -0.4 is 5.32 Å². The van der Waals surface area contributed by atoms with Gasteiger partial charge in [0.05, 0.1) is 5.01 Å². The van der Waals surface area contributed by atoms with Crippen LogP contribution in [0.4, 0.5) is 0 Å². The van der Waals surface area contributed by atoms with E-state index in [1.807, 2.05) is 17.5 Å². The molecule has 1 aliphatic heterocycles. The molecular weight excluding hydrogens is 336 g/mol. The van der Waals surface area contributed by atoms with E-state index in [1.165, 1.54) is 11.3 Å². The van der Waals surface area contributed by atoms with Gasteiger partial charge in [-0.15, -0.1) is 11.3 Å². The van der Waals surface area contributed by atoms with Crippen molar-refractivity contribution < 1.29 is 9.59 Å². The predicted octanol–water partition coefficient (Wildman–Crippen LogP) is 2.41. The van der Waals surface area contributed by atoms with E-state index >= 15 is 0 Å². The van der Waals surface area contributed by atoms with Crippen molar-refractivity contribution in [2.24, 2.45) is 0 Å². The topological polar surface area (TPSA) is 75.2 Å². The fraction of sp³-hybridized carbons (Fsp3) is 0.444. The Hall–Kier alpha value is -2.28. The minimum Gasteiger partial charge on any atom is -0.352 e. The summed E-state index contributed by atoms with van der Waals surface area (Å²) in [6, 6.07) is 3.81. The lowest BCUT2D eigenvalue weighted by Crippen LogP contribution is -2.41. The zero-order valence-corrected chi connectivity index (χ0v) is 15.1. The molecule has 1 fully saturated rings. The van der Waals surface area contributed by atoms with Crippen LogP contribution in [-0.4, -0.2) is 39.3 Å². The first kappa shape index (κ1) is 17.5. The lowest BCUT2D eigenvalue weighted by molar-refractivity contribution is -0.119. The van der Waals surface area contributed by atoms with Crippen molar-refractivity contribution in [3.63, 3.8) is 0 Å². The van der Waals surface area contributed by atoms with Crippen LogP contribution >= 0.6 is 11.3 Å². The number of nitrogens with one attached hydrogen (secondary N) is 1. The number of hydrogen-bond donors (Lipinski definition) is 1. The van der Waals surface area contributed by atoms with Gasteiger partial charge in [-0.1, -0.05) is 13.0 Å². The fourth-order valence-corrected chi connectivity index (χ4v) is 3.79. The van der Waals surface area contributed by atoms with Crippen LogP contribution in [0.2, 0.25) is 0 Å². The second-order valence-electron chi connectivity index (χ2n) is 6.23. The minimum absolute atomic E-state index is 0.00173. The van der Waals surface area contributed by atoms with Crippen molar-refractivity contribution in [3.8, 4) is 0 Å². The zero-order valence-electron chi connectivity index (χ0n) is 14.3. The van der Waals surface area contributed by atoms with Gasteiger partial charge in [0.2, 0.25) is 5.91 Å². The Balaban J connectivity index is 1.76. The van der Waals surface area contributed by atoms with Gasteiger partial charge in [0.25, 0.3) is 5.91 Å². The molecule has 2 aromatic heterocycles. The van der Waals surface area contributed by atoms with Crippen LogP contribution in [0.25, 0.3) is 0 Å². The molecule has 25 heavy (non-hydrogen) atoms. The van der Waals surface area contributed by atoms with Crippen LogP contribution in [0.15, 0.2) is 29.9 Å². The van der Waals surface area contributed by atoms with Crippen molar-refractivity contribution in [2.75, 3.05) is 6.54 Å². The van der Waals surface area contributed by atoms with Crippen LogP contribution in [0.1, 0.15) is 47.2 Å². The van der Waals surface area contributed by atoms with Gasteiger partial charge < -0.3 is 10.2 Å². The van der Waals surface area contributed by atoms with Gasteiger partial charge in [0, 0.05) is 43.3 Å². The Morgan fingerprint density at radius 3 is 3.04 bits per heavy atom. The van der Waals surface area contributed by atoms with E-state index in [0.717, 1.165) is 29.8 Å². The van der Waals surface area contributed by atoms with Crippen LogP contribution in [0, 0.1) is 0 Å². The highest BCUT2D eigenvalue weighted by atomic mass is 32.1. The van der Waals surface area contributed by atoms with Gasteiger partial charge in [-0.2, -0.15) is 0 Å². The molecule has 1 aliphatic rings. The second-order valence-corrected chi connectivity index (χ2v) is 7.17. The number of carbonyl (C=O) groups excluding carboxylic acids is 2. The molecule has 132 valence electrons. The number of aryl methyl sites for hydroxylation is 1. The summed E-state index contributed by atoms with van der Waals surface area (Å²) in [7, 11) is 0. The number of thiazole rings is 1. The Kier molecular flexibility index (Phi) is 5.75.